The predicted octanol–water partition coefficient (Wildman–Crippen LogP) is 5.79. The van der Waals surface area contributed by atoms with Crippen LogP contribution in [0.15, 0.2) is 72.8 Å². The fraction of sp³-hybridized carbons (Fsp3) is 0.412. The first kappa shape index (κ1) is 27.8. The van der Waals surface area contributed by atoms with Crippen LogP contribution in [0.4, 0.5) is 0 Å². The number of carbonyl (C=O) groups is 2. The molecule has 210 valence electrons. The SMILES string of the molecule is Cc1cccc(CN(C(=O)CCc2ccc3c(c2)OCCO3)[C@H](Cc2ccccc2)C(=O)NC2CCCCC2)c1. The zero-order valence-electron chi connectivity index (χ0n) is 23.4. The zero-order valence-corrected chi connectivity index (χ0v) is 23.4. The normalized spacial score (nSPS) is 15.7. The van der Waals surface area contributed by atoms with Crippen LogP contribution in [0.3, 0.4) is 0 Å². The van der Waals surface area contributed by atoms with E-state index in [1.807, 2.05) is 60.7 Å². The molecular weight excluding hydrogens is 500 g/mol. The number of benzene rings is 3. The molecule has 1 N–H and O–H groups in total. The lowest BCUT2D eigenvalue weighted by Crippen LogP contribution is -2.52. The number of amides is 2. The van der Waals surface area contributed by atoms with Gasteiger partial charge in [-0.15, -0.1) is 0 Å². The lowest BCUT2D eigenvalue weighted by atomic mass is 9.94. The Bertz CT molecular complexity index is 1290. The molecule has 0 saturated heterocycles. The van der Waals surface area contributed by atoms with E-state index in [9.17, 15) is 9.59 Å². The minimum atomic E-state index is -0.599. The van der Waals surface area contributed by atoms with Crippen molar-refractivity contribution in [3.05, 3.63) is 95.1 Å². The third kappa shape index (κ3) is 7.44. The van der Waals surface area contributed by atoms with Gasteiger partial charge in [-0.3, -0.25) is 9.59 Å². The molecule has 0 bridgehead atoms. The molecule has 3 aromatic carbocycles. The van der Waals surface area contributed by atoms with E-state index in [0.29, 0.717) is 39.0 Å². The minimum absolute atomic E-state index is 0.0314. The van der Waals surface area contributed by atoms with Crippen LogP contribution in [0.1, 0.15) is 60.8 Å². The fourth-order valence-electron chi connectivity index (χ4n) is 5.74. The van der Waals surface area contributed by atoms with E-state index in [4.69, 9.17) is 9.47 Å². The van der Waals surface area contributed by atoms with Gasteiger partial charge in [0.15, 0.2) is 11.5 Å². The van der Waals surface area contributed by atoms with Crippen LogP contribution in [-0.4, -0.2) is 42.0 Å². The van der Waals surface area contributed by atoms with Gasteiger partial charge in [-0.05, 0) is 55.0 Å². The van der Waals surface area contributed by atoms with Crippen LogP contribution in [0, 0.1) is 6.92 Å². The summed E-state index contributed by atoms with van der Waals surface area (Å²) in [6.07, 6.45) is 6.82. The van der Waals surface area contributed by atoms with E-state index in [0.717, 1.165) is 59.4 Å². The molecule has 1 saturated carbocycles. The Balaban J connectivity index is 1.39. The molecule has 40 heavy (non-hydrogen) atoms. The first-order valence-electron chi connectivity index (χ1n) is 14.6. The number of hydrogen-bond donors (Lipinski definition) is 1. The highest BCUT2D eigenvalue weighted by Gasteiger charge is 2.32. The lowest BCUT2D eigenvalue weighted by Gasteiger charge is -2.33. The van der Waals surface area contributed by atoms with Crippen molar-refractivity contribution >= 4 is 11.8 Å². The highest BCUT2D eigenvalue weighted by molar-refractivity contribution is 5.88. The van der Waals surface area contributed by atoms with Crippen molar-refractivity contribution in [2.24, 2.45) is 0 Å². The number of ether oxygens (including phenoxy) is 2. The molecule has 1 fully saturated rings. The second kappa shape index (κ2) is 13.5. The average Bonchev–Trinajstić information content (AvgIpc) is 2.98. The van der Waals surface area contributed by atoms with Crippen LogP contribution in [0.25, 0.3) is 0 Å². The summed E-state index contributed by atoms with van der Waals surface area (Å²) < 4.78 is 11.4. The maximum absolute atomic E-state index is 14.0. The van der Waals surface area contributed by atoms with E-state index in [-0.39, 0.29) is 17.9 Å². The van der Waals surface area contributed by atoms with E-state index in [1.54, 1.807) is 4.90 Å². The fourth-order valence-corrected chi connectivity index (χ4v) is 5.74. The molecule has 0 spiro atoms. The monoisotopic (exact) mass is 540 g/mol. The van der Waals surface area contributed by atoms with Crippen LogP contribution >= 0.6 is 0 Å². The Morgan fingerprint density at radius 2 is 1.60 bits per heavy atom. The summed E-state index contributed by atoms with van der Waals surface area (Å²) in [7, 11) is 0. The summed E-state index contributed by atoms with van der Waals surface area (Å²) >= 11 is 0. The number of nitrogens with one attached hydrogen (secondary N) is 1. The van der Waals surface area contributed by atoms with Gasteiger partial charge in [-0.2, -0.15) is 0 Å². The zero-order chi connectivity index (χ0) is 27.7. The van der Waals surface area contributed by atoms with Gasteiger partial charge in [-0.1, -0.05) is 85.5 Å². The summed E-state index contributed by atoms with van der Waals surface area (Å²) in [4.78, 5) is 29.7. The molecule has 5 rings (SSSR count). The molecular formula is C34H40N2O4. The Hall–Kier alpha value is -3.80. The smallest absolute Gasteiger partial charge is 0.243 e. The molecule has 0 radical (unpaired) electrons. The molecule has 6 heteroatoms. The minimum Gasteiger partial charge on any atom is -0.486 e. The van der Waals surface area contributed by atoms with Crippen molar-refractivity contribution in [3.63, 3.8) is 0 Å². The Kier molecular flexibility index (Phi) is 9.38. The molecule has 2 amide bonds. The summed E-state index contributed by atoms with van der Waals surface area (Å²) in [6, 6.07) is 23.6. The molecule has 6 nitrogen and oxygen atoms in total. The molecule has 3 aromatic rings. The molecule has 1 aliphatic heterocycles. The maximum Gasteiger partial charge on any atom is 0.243 e. The number of rotatable bonds is 10. The average molecular weight is 541 g/mol. The van der Waals surface area contributed by atoms with Gasteiger partial charge in [0.1, 0.15) is 19.3 Å². The lowest BCUT2D eigenvalue weighted by molar-refractivity contribution is -0.141. The topological polar surface area (TPSA) is 67.9 Å². The standard InChI is InChI=1S/C34H40N2O4/c1-25-9-8-12-28(21-25)24-36(33(37)18-16-27-15-17-31-32(23-27)40-20-19-39-31)30(22-26-10-4-2-5-11-26)34(38)35-29-13-6-3-7-14-29/h2,4-5,8-12,15,17,21,23,29-30H,3,6-7,13-14,16,18-20,22,24H2,1H3,(H,35,38)/t30-/m1/s1. The van der Waals surface area contributed by atoms with Crippen molar-refractivity contribution in [1.82, 2.24) is 10.2 Å². The number of carbonyl (C=O) groups excluding carboxylic acids is 2. The quantitative estimate of drug-likeness (QED) is 0.354. The Morgan fingerprint density at radius 1 is 0.850 bits per heavy atom. The third-order valence-corrected chi connectivity index (χ3v) is 7.89. The van der Waals surface area contributed by atoms with E-state index < -0.39 is 6.04 Å². The number of fused-ring (bicyclic) bond motifs is 1. The van der Waals surface area contributed by atoms with Crippen molar-refractivity contribution in [1.29, 1.82) is 0 Å². The predicted molar refractivity (Wildman–Crippen MR) is 156 cm³/mol. The third-order valence-electron chi connectivity index (χ3n) is 7.89. The van der Waals surface area contributed by atoms with E-state index in [2.05, 4.69) is 24.4 Å². The summed E-state index contributed by atoms with van der Waals surface area (Å²) in [5, 5.41) is 3.32. The number of nitrogens with zero attached hydrogens (tertiary/aromatic N) is 1. The van der Waals surface area contributed by atoms with Crippen molar-refractivity contribution in [3.8, 4) is 11.5 Å². The summed E-state index contributed by atoms with van der Waals surface area (Å²) in [6.45, 7) is 3.51. The van der Waals surface area contributed by atoms with Gasteiger partial charge in [0.25, 0.3) is 0 Å². The van der Waals surface area contributed by atoms with Crippen molar-refractivity contribution < 1.29 is 19.1 Å². The Morgan fingerprint density at radius 3 is 2.38 bits per heavy atom. The molecule has 2 aliphatic rings. The molecule has 0 aromatic heterocycles. The highest BCUT2D eigenvalue weighted by Crippen LogP contribution is 2.31. The molecule has 1 aliphatic carbocycles. The van der Waals surface area contributed by atoms with E-state index >= 15 is 0 Å². The number of hydrogen-bond acceptors (Lipinski definition) is 4. The number of aryl methyl sites for hydroxylation is 2. The van der Waals surface area contributed by atoms with Crippen molar-refractivity contribution in [2.45, 2.75) is 76.9 Å². The highest BCUT2D eigenvalue weighted by atomic mass is 16.6. The second-order valence-corrected chi connectivity index (χ2v) is 11.0. The first-order valence-corrected chi connectivity index (χ1v) is 14.6. The van der Waals surface area contributed by atoms with Gasteiger partial charge in [-0.25, -0.2) is 0 Å². The maximum atomic E-state index is 14.0. The van der Waals surface area contributed by atoms with Gasteiger partial charge in [0.05, 0.1) is 0 Å². The molecule has 0 unspecified atom stereocenters. The molecule has 1 atom stereocenters. The van der Waals surface area contributed by atoms with Gasteiger partial charge in [0.2, 0.25) is 11.8 Å². The largest absolute Gasteiger partial charge is 0.486 e. The first-order chi connectivity index (χ1) is 19.5. The summed E-state index contributed by atoms with van der Waals surface area (Å²) in [5.41, 5.74) is 4.21. The van der Waals surface area contributed by atoms with Crippen LogP contribution in [-0.2, 0) is 29.0 Å². The molecule has 1 heterocycles. The van der Waals surface area contributed by atoms with Gasteiger partial charge >= 0.3 is 0 Å². The van der Waals surface area contributed by atoms with Crippen LogP contribution in [0.5, 0.6) is 11.5 Å². The summed E-state index contributed by atoms with van der Waals surface area (Å²) in [5.74, 6) is 1.37. The van der Waals surface area contributed by atoms with Crippen LogP contribution < -0.4 is 14.8 Å². The van der Waals surface area contributed by atoms with Crippen molar-refractivity contribution in [2.75, 3.05) is 13.2 Å². The van der Waals surface area contributed by atoms with E-state index in [1.165, 1.54) is 6.42 Å². The van der Waals surface area contributed by atoms with Gasteiger partial charge in [0, 0.05) is 25.4 Å². The van der Waals surface area contributed by atoms with Crippen LogP contribution in [0.2, 0.25) is 0 Å². The van der Waals surface area contributed by atoms with Gasteiger partial charge < -0.3 is 19.7 Å². The second-order valence-electron chi connectivity index (χ2n) is 11.0. The Labute approximate surface area is 237 Å².